The fraction of sp³-hybridized carbons (Fsp3) is 0.883. The van der Waals surface area contributed by atoms with E-state index in [4.69, 9.17) is 18.9 Å². The first-order valence-electron chi connectivity index (χ1n) is 29.1. The second kappa shape index (κ2) is 27.5. The molecule has 0 heterocycles. The highest BCUT2D eigenvalue weighted by Gasteiger charge is 2.59. The molecule has 420 valence electrons. The van der Waals surface area contributed by atoms with Gasteiger partial charge in [-0.25, -0.2) is 14.4 Å². The minimum Gasteiger partial charge on any atom is -0.462 e. The van der Waals surface area contributed by atoms with E-state index in [1.807, 2.05) is 46.4 Å². The van der Waals surface area contributed by atoms with Gasteiger partial charge in [-0.3, -0.25) is 9.59 Å². The third-order valence-corrected chi connectivity index (χ3v) is 17.3. The Balaban J connectivity index is 1.26. The molecule has 13 nitrogen and oxygen atoms in total. The number of alkyl carbamates (subject to hydrolysis) is 2. The van der Waals surface area contributed by atoms with Crippen molar-refractivity contribution >= 4 is 30.2 Å². The molecular formula is C60H106N4O9. The fourth-order valence-electron chi connectivity index (χ4n) is 13.5. The van der Waals surface area contributed by atoms with Crippen LogP contribution < -0.4 is 10.6 Å². The van der Waals surface area contributed by atoms with Gasteiger partial charge in [0.2, 0.25) is 5.91 Å². The van der Waals surface area contributed by atoms with E-state index >= 15 is 0 Å². The van der Waals surface area contributed by atoms with Crippen LogP contribution in [0.5, 0.6) is 0 Å². The predicted octanol–water partition coefficient (Wildman–Crippen LogP) is 13.8. The number of amides is 4. The van der Waals surface area contributed by atoms with E-state index in [2.05, 4.69) is 58.3 Å². The van der Waals surface area contributed by atoms with E-state index in [-0.39, 0.29) is 29.8 Å². The number of hydrogen-bond donors (Lipinski definition) is 2. The molecule has 73 heavy (non-hydrogen) atoms. The quantitative estimate of drug-likeness (QED) is 0.0394. The summed E-state index contributed by atoms with van der Waals surface area (Å²) in [5.41, 5.74) is 0.286. The lowest BCUT2D eigenvalue weighted by atomic mass is 9.47. The summed E-state index contributed by atoms with van der Waals surface area (Å²) >= 11 is 0. The summed E-state index contributed by atoms with van der Waals surface area (Å²) in [6, 6.07) is 0. The second-order valence-corrected chi connectivity index (χ2v) is 26.6. The summed E-state index contributed by atoms with van der Waals surface area (Å²) in [4.78, 5) is 68.2. The molecule has 4 rings (SSSR count). The van der Waals surface area contributed by atoms with Crippen molar-refractivity contribution in [3.63, 3.8) is 0 Å². The van der Waals surface area contributed by atoms with Crippen LogP contribution in [0.2, 0.25) is 0 Å². The molecule has 0 aliphatic heterocycles. The molecule has 0 spiro atoms. The van der Waals surface area contributed by atoms with Crippen molar-refractivity contribution in [2.75, 3.05) is 39.3 Å². The summed E-state index contributed by atoms with van der Waals surface area (Å²) < 4.78 is 22.6. The van der Waals surface area contributed by atoms with Gasteiger partial charge in [-0.15, -0.1) is 0 Å². The number of rotatable bonds is 25. The first-order valence-corrected chi connectivity index (χ1v) is 29.1. The highest BCUT2D eigenvalue weighted by molar-refractivity contribution is 5.76. The van der Waals surface area contributed by atoms with Crippen molar-refractivity contribution in [1.29, 1.82) is 0 Å². The van der Waals surface area contributed by atoms with Gasteiger partial charge in [0.05, 0.1) is 0 Å². The normalized spacial score (nSPS) is 25.8. The maximum atomic E-state index is 13.8. The number of nitrogens with one attached hydrogen (secondary N) is 2. The number of nitrogens with zero attached hydrogens (tertiary/aromatic N) is 2. The fourth-order valence-corrected chi connectivity index (χ4v) is 13.5. The Hall–Kier alpha value is -3.51. The van der Waals surface area contributed by atoms with E-state index in [0.29, 0.717) is 89.6 Å². The summed E-state index contributed by atoms with van der Waals surface area (Å²) in [5, 5.41) is 5.55. The van der Waals surface area contributed by atoms with Crippen LogP contribution in [0.15, 0.2) is 11.6 Å². The molecule has 13 heteroatoms. The zero-order chi connectivity index (χ0) is 54.4. The van der Waals surface area contributed by atoms with Crippen molar-refractivity contribution in [2.45, 2.75) is 249 Å². The number of esters is 1. The number of unbranched alkanes of at least 4 members (excludes halogenated alkanes) is 2. The maximum Gasteiger partial charge on any atom is 0.410 e. The van der Waals surface area contributed by atoms with Gasteiger partial charge < -0.3 is 39.4 Å². The van der Waals surface area contributed by atoms with Crippen LogP contribution in [0.4, 0.5) is 14.4 Å². The van der Waals surface area contributed by atoms with Crippen LogP contribution >= 0.6 is 0 Å². The van der Waals surface area contributed by atoms with Crippen LogP contribution in [0, 0.1) is 52.3 Å². The third-order valence-electron chi connectivity index (χ3n) is 17.3. The van der Waals surface area contributed by atoms with E-state index in [1.165, 1.54) is 56.9 Å². The molecule has 0 aromatic rings. The highest BCUT2D eigenvalue weighted by Crippen LogP contribution is 2.67. The average molecular weight is 1030 g/mol. The van der Waals surface area contributed by atoms with E-state index < -0.39 is 35.1 Å². The van der Waals surface area contributed by atoms with Gasteiger partial charge in [-0.2, -0.15) is 0 Å². The molecule has 0 aromatic heterocycles. The van der Waals surface area contributed by atoms with Crippen LogP contribution in [0.25, 0.3) is 0 Å². The van der Waals surface area contributed by atoms with Gasteiger partial charge in [0.1, 0.15) is 22.9 Å². The lowest BCUT2D eigenvalue weighted by Crippen LogP contribution is -2.51. The Morgan fingerprint density at radius 1 is 0.671 bits per heavy atom. The van der Waals surface area contributed by atoms with Crippen LogP contribution in [0.3, 0.4) is 0 Å². The van der Waals surface area contributed by atoms with Crippen LogP contribution in [-0.4, -0.2) is 102 Å². The smallest absolute Gasteiger partial charge is 0.410 e. The third kappa shape index (κ3) is 19.5. The molecule has 0 bridgehead atoms. The Morgan fingerprint density at radius 3 is 1.81 bits per heavy atom. The molecule has 3 fully saturated rings. The van der Waals surface area contributed by atoms with E-state index in [1.54, 1.807) is 25.7 Å². The second-order valence-electron chi connectivity index (χ2n) is 26.6. The van der Waals surface area contributed by atoms with Gasteiger partial charge in [0.25, 0.3) is 0 Å². The molecule has 2 N–H and O–H groups in total. The molecule has 4 amide bonds. The van der Waals surface area contributed by atoms with Crippen molar-refractivity contribution in [2.24, 2.45) is 52.3 Å². The Kier molecular flexibility index (Phi) is 23.4. The molecule has 4 aliphatic carbocycles. The number of carbonyl (C=O) groups excluding carboxylic acids is 5. The molecule has 0 radical (unpaired) electrons. The lowest BCUT2D eigenvalue weighted by Gasteiger charge is -2.58. The van der Waals surface area contributed by atoms with Gasteiger partial charge in [0, 0.05) is 58.5 Å². The largest absolute Gasteiger partial charge is 0.462 e. The molecule has 0 aromatic carbocycles. The van der Waals surface area contributed by atoms with Gasteiger partial charge in [0.15, 0.2) is 0 Å². The van der Waals surface area contributed by atoms with Gasteiger partial charge >= 0.3 is 24.2 Å². The first-order chi connectivity index (χ1) is 34.0. The predicted molar refractivity (Wildman–Crippen MR) is 292 cm³/mol. The molecular weight excluding hydrogens is 921 g/mol. The van der Waals surface area contributed by atoms with Gasteiger partial charge in [-0.1, -0.05) is 66.0 Å². The van der Waals surface area contributed by atoms with Crippen molar-refractivity contribution < 1.29 is 42.9 Å². The molecule has 0 saturated heterocycles. The topological polar surface area (TPSA) is 153 Å². The Bertz CT molecular complexity index is 1810. The molecule has 4 aliphatic rings. The summed E-state index contributed by atoms with van der Waals surface area (Å²) in [6.07, 6.45) is 18.6. The van der Waals surface area contributed by atoms with Crippen molar-refractivity contribution in [3.05, 3.63) is 11.6 Å². The number of hydrogen-bond acceptors (Lipinski definition) is 9. The summed E-state index contributed by atoms with van der Waals surface area (Å²) in [7, 11) is 0. The highest BCUT2D eigenvalue weighted by atomic mass is 16.6. The number of carbonyl (C=O) groups is 5. The standard InChI is InChI=1S/C60H106N4O9/c1-16-44(42(2)3)26-25-43(4)48-29-30-49-47-28-27-45-41-46(31-33-59(45,14)50(47)32-34-60(48,49)15)70-52(66)24-18-17-23-51(65)63(39-21-35-61-53(67)71-56(5,6)7)37-19-20-38-64(55(69)73-58(11,12)13)40-22-36-62-54(68)72-57(8,9)10/h27,42-44,46-50H,16-26,28-41H2,1-15H3,(H,61,67)(H,62,68)/t43?,44?,46-,47-,48+,49-,50-,59-,60+/m0/s1. The van der Waals surface area contributed by atoms with Gasteiger partial charge in [-0.05, 0) is 204 Å². The van der Waals surface area contributed by atoms with Crippen molar-refractivity contribution in [1.82, 2.24) is 20.4 Å². The summed E-state index contributed by atoms with van der Waals surface area (Å²) in [5.74, 6) is 5.38. The molecule has 9 atom stereocenters. The van der Waals surface area contributed by atoms with E-state index in [0.717, 1.165) is 60.7 Å². The Morgan fingerprint density at radius 2 is 1.23 bits per heavy atom. The average Bonchev–Trinajstić information content (AvgIpc) is 3.63. The molecule has 3 saturated carbocycles. The zero-order valence-electron chi connectivity index (χ0n) is 48.9. The minimum absolute atomic E-state index is 0.00521. The van der Waals surface area contributed by atoms with Crippen LogP contribution in [0.1, 0.15) is 226 Å². The van der Waals surface area contributed by atoms with Crippen molar-refractivity contribution in [3.8, 4) is 0 Å². The lowest BCUT2D eigenvalue weighted by molar-refractivity contribution is -0.151. The monoisotopic (exact) mass is 1030 g/mol. The minimum atomic E-state index is -0.672. The van der Waals surface area contributed by atoms with Crippen LogP contribution in [-0.2, 0) is 28.5 Å². The molecule has 2 unspecified atom stereocenters. The number of fused-ring (bicyclic) bond motifs is 5. The van der Waals surface area contributed by atoms with E-state index in [9.17, 15) is 24.0 Å². The Labute approximate surface area is 443 Å². The first kappa shape index (κ1) is 62.0. The zero-order valence-corrected chi connectivity index (χ0v) is 48.9. The number of allylic oxidation sites excluding steroid dienone is 1. The number of ether oxygens (including phenoxy) is 4. The maximum absolute atomic E-state index is 13.8. The summed E-state index contributed by atoms with van der Waals surface area (Å²) in [6.45, 7) is 33.7. The SMILES string of the molecule is CCC(CCC(C)[C@H]1CC[C@H]2[C@@H]3CC=C4C[C@@H](OC(=O)CCCCC(=O)N(CCCCN(CCCNC(=O)OC(C)(C)C)C(=O)OC(C)(C)C)CCCNC(=O)OC(C)(C)C)CC[C@]4(C)[C@H]3CC[C@]12C)C(C)C.